The molecule has 2 heterocycles. The lowest BCUT2D eigenvalue weighted by molar-refractivity contribution is -0.120. The van der Waals surface area contributed by atoms with E-state index in [1.807, 2.05) is 36.4 Å². The molecule has 154 valence electrons. The van der Waals surface area contributed by atoms with Crippen LogP contribution in [0.15, 0.2) is 83.9 Å². The van der Waals surface area contributed by atoms with Crippen molar-refractivity contribution in [3.05, 3.63) is 79.0 Å². The number of piperidine rings is 1. The molecule has 0 aliphatic carbocycles. The van der Waals surface area contributed by atoms with Gasteiger partial charge in [-0.2, -0.15) is 4.31 Å². The molecule has 0 radical (unpaired) electrons. The van der Waals surface area contributed by atoms with Crippen molar-refractivity contribution in [3.8, 4) is 11.1 Å². The van der Waals surface area contributed by atoms with Crippen LogP contribution < -0.4 is 5.32 Å². The highest BCUT2D eigenvalue weighted by Gasteiger charge is 2.32. The number of sulfonamides is 1. The summed E-state index contributed by atoms with van der Waals surface area (Å²) in [6, 6.07) is 22.0. The quantitative estimate of drug-likeness (QED) is 0.680. The van der Waals surface area contributed by atoms with Gasteiger partial charge in [0.05, 0.1) is 4.90 Å². The molecule has 1 N–H and O–H groups in total. The summed E-state index contributed by atoms with van der Waals surface area (Å²) in [6.45, 7) is 0.658. The maximum absolute atomic E-state index is 12.7. The molecular formula is C23H23N3O3S. The molecule has 6 nitrogen and oxygen atoms in total. The van der Waals surface area contributed by atoms with Gasteiger partial charge in [0, 0.05) is 30.8 Å². The number of aromatic nitrogens is 1. The summed E-state index contributed by atoms with van der Waals surface area (Å²) in [5.74, 6) is 0.147. The highest BCUT2D eigenvalue weighted by Crippen LogP contribution is 2.25. The lowest BCUT2D eigenvalue weighted by Gasteiger charge is -2.30. The summed E-state index contributed by atoms with van der Waals surface area (Å²) < 4.78 is 26.9. The molecule has 1 aromatic heterocycles. The van der Waals surface area contributed by atoms with Crippen molar-refractivity contribution < 1.29 is 13.2 Å². The molecule has 2 aromatic carbocycles. The van der Waals surface area contributed by atoms with Crippen LogP contribution in [-0.2, 0) is 14.8 Å². The van der Waals surface area contributed by atoms with Gasteiger partial charge < -0.3 is 5.32 Å². The average molecular weight is 422 g/mol. The van der Waals surface area contributed by atoms with Crippen molar-refractivity contribution in [1.29, 1.82) is 0 Å². The molecule has 1 aliphatic heterocycles. The average Bonchev–Trinajstić information content (AvgIpc) is 2.81. The summed E-state index contributed by atoms with van der Waals surface area (Å²) in [4.78, 5) is 17.3. The number of nitrogens with one attached hydrogen (secondary N) is 1. The fourth-order valence-electron chi connectivity index (χ4n) is 3.60. The Hall–Kier alpha value is -3.03. The standard InChI is InChI=1S/C23H23N3O3S/c27-23(25-22-12-11-20(17-24-22)18-7-3-1-4-8-18)19-13-15-26(16-14-19)30(28,29)21-9-5-2-6-10-21/h1-12,17,19H,13-16H2,(H,24,25,27). The van der Waals surface area contributed by atoms with E-state index in [2.05, 4.69) is 10.3 Å². The van der Waals surface area contributed by atoms with Crippen LogP contribution in [0.4, 0.5) is 5.82 Å². The molecule has 0 saturated carbocycles. The largest absolute Gasteiger partial charge is 0.310 e. The number of amides is 1. The third-order valence-electron chi connectivity index (χ3n) is 5.33. The topological polar surface area (TPSA) is 79.4 Å². The van der Waals surface area contributed by atoms with Crippen LogP contribution in [-0.4, -0.2) is 36.7 Å². The van der Waals surface area contributed by atoms with Gasteiger partial charge in [-0.3, -0.25) is 4.79 Å². The predicted octanol–water partition coefficient (Wildman–Crippen LogP) is 3.79. The van der Waals surface area contributed by atoms with E-state index in [1.54, 1.807) is 42.6 Å². The maximum atomic E-state index is 12.7. The lowest BCUT2D eigenvalue weighted by Crippen LogP contribution is -2.41. The highest BCUT2D eigenvalue weighted by molar-refractivity contribution is 7.89. The van der Waals surface area contributed by atoms with Crippen LogP contribution in [0.2, 0.25) is 0 Å². The van der Waals surface area contributed by atoms with Gasteiger partial charge in [-0.25, -0.2) is 13.4 Å². The number of pyridine rings is 1. The van der Waals surface area contributed by atoms with Crippen LogP contribution in [0, 0.1) is 5.92 Å². The molecule has 1 saturated heterocycles. The molecule has 7 heteroatoms. The van der Waals surface area contributed by atoms with Gasteiger partial charge in [-0.15, -0.1) is 0 Å². The van der Waals surface area contributed by atoms with Gasteiger partial charge >= 0.3 is 0 Å². The van der Waals surface area contributed by atoms with Gasteiger partial charge in [0.1, 0.15) is 5.82 Å². The Morgan fingerprint density at radius 1 is 0.867 bits per heavy atom. The molecular weight excluding hydrogens is 398 g/mol. The molecule has 1 amide bonds. The second-order valence-corrected chi connectivity index (χ2v) is 9.22. The zero-order chi connectivity index (χ0) is 21.0. The van der Waals surface area contributed by atoms with E-state index in [0.29, 0.717) is 31.7 Å². The number of benzene rings is 2. The molecule has 30 heavy (non-hydrogen) atoms. The third kappa shape index (κ3) is 4.42. The molecule has 0 spiro atoms. The van der Waals surface area contributed by atoms with Crippen molar-refractivity contribution in [2.75, 3.05) is 18.4 Å². The molecule has 3 aromatic rings. The zero-order valence-electron chi connectivity index (χ0n) is 16.4. The van der Waals surface area contributed by atoms with Crippen LogP contribution in [0.3, 0.4) is 0 Å². The first-order valence-corrected chi connectivity index (χ1v) is 11.4. The van der Waals surface area contributed by atoms with E-state index < -0.39 is 10.0 Å². The smallest absolute Gasteiger partial charge is 0.243 e. The number of carbonyl (C=O) groups excluding carboxylic acids is 1. The van der Waals surface area contributed by atoms with E-state index in [0.717, 1.165) is 11.1 Å². The summed E-state index contributed by atoms with van der Waals surface area (Å²) in [6.07, 6.45) is 2.71. The van der Waals surface area contributed by atoms with E-state index >= 15 is 0 Å². The number of carbonyl (C=O) groups is 1. The van der Waals surface area contributed by atoms with E-state index in [-0.39, 0.29) is 16.7 Å². The van der Waals surface area contributed by atoms with Crippen LogP contribution in [0.5, 0.6) is 0 Å². The lowest BCUT2D eigenvalue weighted by atomic mass is 9.97. The monoisotopic (exact) mass is 421 g/mol. The predicted molar refractivity (Wildman–Crippen MR) is 116 cm³/mol. The summed E-state index contributed by atoms with van der Waals surface area (Å²) >= 11 is 0. The molecule has 1 aliphatic rings. The first kappa shape index (κ1) is 20.3. The van der Waals surface area contributed by atoms with E-state index in [9.17, 15) is 13.2 Å². The molecule has 1 fully saturated rings. The third-order valence-corrected chi connectivity index (χ3v) is 7.24. The fourth-order valence-corrected chi connectivity index (χ4v) is 5.09. The summed E-state index contributed by atoms with van der Waals surface area (Å²) in [5, 5.41) is 2.86. The van der Waals surface area contributed by atoms with Gasteiger partial charge in [0.15, 0.2) is 0 Å². The van der Waals surface area contributed by atoms with E-state index in [4.69, 9.17) is 0 Å². The zero-order valence-corrected chi connectivity index (χ0v) is 17.3. The van der Waals surface area contributed by atoms with Crippen molar-refractivity contribution in [3.63, 3.8) is 0 Å². The minimum Gasteiger partial charge on any atom is -0.310 e. The van der Waals surface area contributed by atoms with Crippen LogP contribution in [0.1, 0.15) is 12.8 Å². The Balaban J connectivity index is 1.35. The van der Waals surface area contributed by atoms with Crippen molar-refractivity contribution >= 4 is 21.7 Å². The van der Waals surface area contributed by atoms with Crippen LogP contribution in [0.25, 0.3) is 11.1 Å². The Bertz CT molecular complexity index is 1090. The number of nitrogens with zero attached hydrogens (tertiary/aromatic N) is 2. The molecule has 0 bridgehead atoms. The minimum absolute atomic E-state index is 0.119. The maximum Gasteiger partial charge on any atom is 0.243 e. The van der Waals surface area contributed by atoms with Crippen LogP contribution >= 0.6 is 0 Å². The number of rotatable bonds is 5. The van der Waals surface area contributed by atoms with Gasteiger partial charge in [0.2, 0.25) is 15.9 Å². The van der Waals surface area contributed by atoms with Crippen molar-refractivity contribution in [2.45, 2.75) is 17.7 Å². The van der Waals surface area contributed by atoms with Gasteiger partial charge in [0.25, 0.3) is 0 Å². The molecule has 4 rings (SSSR count). The van der Waals surface area contributed by atoms with E-state index in [1.165, 1.54) is 4.31 Å². The van der Waals surface area contributed by atoms with Crippen molar-refractivity contribution in [1.82, 2.24) is 9.29 Å². The number of hydrogen-bond donors (Lipinski definition) is 1. The number of hydrogen-bond acceptors (Lipinski definition) is 4. The summed E-state index contributed by atoms with van der Waals surface area (Å²) in [5.41, 5.74) is 2.04. The van der Waals surface area contributed by atoms with Gasteiger partial charge in [-0.1, -0.05) is 48.5 Å². The Morgan fingerprint density at radius 2 is 1.50 bits per heavy atom. The van der Waals surface area contributed by atoms with Crippen molar-refractivity contribution in [2.24, 2.45) is 5.92 Å². The Kier molecular flexibility index (Phi) is 5.92. The highest BCUT2D eigenvalue weighted by atomic mass is 32.2. The fraction of sp³-hybridized carbons (Fsp3) is 0.217. The normalized spacial score (nSPS) is 15.6. The minimum atomic E-state index is -3.51. The second-order valence-electron chi connectivity index (χ2n) is 7.28. The SMILES string of the molecule is O=C(Nc1ccc(-c2ccccc2)cn1)C1CCN(S(=O)(=O)c2ccccc2)CC1. The molecule has 0 unspecified atom stereocenters. The molecule has 0 atom stereocenters. The summed E-state index contributed by atoms with van der Waals surface area (Å²) in [7, 11) is -3.51. The first-order valence-electron chi connectivity index (χ1n) is 9.91. The first-order chi connectivity index (χ1) is 14.5. The Labute approximate surface area is 176 Å². The Morgan fingerprint density at radius 3 is 2.10 bits per heavy atom. The second kappa shape index (κ2) is 8.77. The number of anilines is 1. The van der Waals surface area contributed by atoms with Gasteiger partial charge in [-0.05, 0) is 42.7 Å².